The van der Waals surface area contributed by atoms with Crippen LogP contribution in [0.15, 0.2) is 18.3 Å². The minimum Gasteiger partial charge on any atom is -0.377 e. The summed E-state index contributed by atoms with van der Waals surface area (Å²) in [6.45, 7) is 5.19. The lowest BCUT2D eigenvalue weighted by molar-refractivity contribution is 0.0925. The standard InChI is InChI=1S/C12H19N3O/c1-2-11-9-16-7-6-15(11)12-10(8-13)4-3-5-14-12/h3-5,11H,2,6-9,13H2,1H3. The molecule has 1 atom stereocenters. The molecule has 2 rings (SSSR count). The van der Waals surface area contributed by atoms with Crippen LogP contribution in [0.25, 0.3) is 0 Å². The lowest BCUT2D eigenvalue weighted by Crippen LogP contribution is -2.46. The number of nitrogens with zero attached hydrogens (tertiary/aromatic N) is 2. The molecule has 0 aliphatic carbocycles. The fourth-order valence-electron chi connectivity index (χ4n) is 2.12. The number of morpholine rings is 1. The van der Waals surface area contributed by atoms with Gasteiger partial charge in [0.05, 0.1) is 19.3 Å². The van der Waals surface area contributed by atoms with E-state index in [0.29, 0.717) is 12.6 Å². The minimum absolute atomic E-state index is 0.425. The van der Waals surface area contributed by atoms with E-state index in [2.05, 4.69) is 16.8 Å². The van der Waals surface area contributed by atoms with Crippen molar-refractivity contribution in [3.8, 4) is 0 Å². The van der Waals surface area contributed by atoms with E-state index in [1.54, 1.807) is 0 Å². The zero-order chi connectivity index (χ0) is 11.4. The first kappa shape index (κ1) is 11.4. The van der Waals surface area contributed by atoms with Crippen LogP contribution in [0.4, 0.5) is 5.82 Å². The van der Waals surface area contributed by atoms with E-state index in [1.165, 1.54) is 0 Å². The Kier molecular flexibility index (Phi) is 3.74. The Labute approximate surface area is 96.4 Å². The Hall–Kier alpha value is -1.13. The van der Waals surface area contributed by atoms with Gasteiger partial charge in [-0.3, -0.25) is 0 Å². The highest BCUT2D eigenvalue weighted by atomic mass is 16.5. The van der Waals surface area contributed by atoms with Gasteiger partial charge in [-0.2, -0.15) is 0 Å². The van der Waals surface area contributed by atoms with Crippen molar-refractivity contribution in [1.82, 2.24) is 4.98 Å². The fraction of sp³-hybridized carbons (Fsp3) is 0.583. The van der Waals surface area contributed by atoms with Crippen molar-refractivity contribution in [2.24, 2.45) is 5.73 Å². The predicted molar refractivity (Wildman–Crippen MR) is 64.4 cm³/mol. The number of hydrogen-bond donors (Lipinski definition) is 1. The number of nitrogens with two attached hydrogens (primary N) is 1. The average molecular weight is 221 g/mol. The van der Waals surface area contributed by atoms with Crippen LogP contribution in [-0.2, 0) is 11.3 Å². The molecule has 2 heterocycles. The second-order valence-corrected chi connectivity index (χ2v) is 4.02. The molecule has 0 aromatic carbocycles. The van der Waals surface area contributed by atoms with E-state index in [0.717, 1.165) is 37.6 Å². The van der Waals surface area contributed by atoms with Crippen molar-refractivity contribution in [2.45, 2.75) is 25.9 Å². The van der Waals surface area contributed by atoms with Crippen LogP contribution in [0, 0.1) is 0 Å². The molecule has 16 heavy (non-hydrogen) atoms. The van der Waals surface area contributed by atoms with Gasteiger partial charge in [0.2, 0.25) is 0 Å². The van der Waals surface area contributed by atoms with Gasteiger partial charge >= 0.3 is 0 Å². The van der Waals surface area contributed by atoms with Gasteiger partial charge in [-0.05, 0) is 12.5 Å². The van der Waals surface area contributed by atoms with Crippen LogP contribution >= 0.6 is 0 Å². The summed E-state index contributed by atoms with van der Waals surface area (Å²) in [6, 6.07) is 4.41. The topological polar surface area (TPSA) is 51.4 Å². The Morgan fingerprint density at radius 2 is 2.50 bits per heavy atom. The molecule has 1 fully saturated rings. The lowest BCUT2D eigenvalue weighted by Gasteiger charge is -2.36. The van der Waals surface area contributed by atoms with Gasteiger partial charge in [-0.25, -0.2) is 4.98 Å². The van der Waals surface area contributed by atoms with Gasteiger partial charge in [0.1, 0.15) is 5.82 Å². The molecule has 0 spiro atoms. The van der Waals surface area contributed by atoms with E-state index in [4.69, 9.17) is 10.5 Å². The molecule has 1 aromatic rings. The van der Waals surface area contributed by atoms with Crippen molar-refractivity contribution in [2.75, 3.05) is 24.7 Å². The number of hydrogen-bond acceptors (Lipinski definition) is 4. The fourth-order valence-corrected chi connectivity index (χ4v) is 2.12. The molecule has 0 saturated carbocycles. The summed E-state index contributed by atoms with van der Waals surface area (Å²) in [4.78, 5) is 6.79. The van der Waals surface area contributed by atoms with Gasteiger partial charge in [0, 0.05) is 24.8 Å². The van der Waals surface area contributed by atoms with Crippen LogP contribution in [0.1, 0.15) is 18.9 Å². The molecular weight excluding hydrogens is 202 g/mol. The van der Waals surface area contributed by atoms with Gasteiger partial charge in [0.15, 0.2) is 0 Å². The molecule has 0 bridgehead atoms. The molecule has 0 amide bonds. The number of ether oxygens (including phenoxy) is 1. The largest absolute Gasteiger partial charge is 0.377 e. The van der Waals surface area contributed by atoms with Gasteiger partial charge in [-0.1, -0.05) is 13.0 Å². The lowest BCUT2D eigenvalue weighted by atomic mass is 10.1. The SMILES string of the molecule is CCC1COCCN1c1ncccc1CN. The zero-order valence-corrected chi connectivity index (χ0v) is 9.72. The summed E-state index contributed by atoms with van der Waals surface area (Å²) in [6.07, 6.45) is 2.90. The summed E-state index contributed by atoms with van der Waals surface area (Å²) in [5, 5.41) is 0. The monoisotopic (exact) mass is 221 g/mol. The van der Waals surface area contributed by atoms with Crippen LogP contribution in [-0.4, -0.2) is 30.8 Å². The summed E-state index contributed by atoms with van der Waals surface area (Å²) in [5.41, 5.74) is 6.86. The molecule has 0 radical (unpaired) electrons. The summed E-state index contributed by atoms with van der Waals surface area (Å²) >= 11 is 0. The van der Waals surface area contributed by atoms with Crippen molar-refractivity contribution in [1.29, 1.82) is 0 Å². The first-order valence-electron chi connectivity index (χ1n) is 5.85. The summed E-state index contributed by atoms with van der Waals surface area (Å²) in [5.74, 6) is 1.03. The molecule has 1 unspecified atom stereocenters. The van der Waals surface area contributed by atoms with Crippen molar-refractivity contribution in [3.05, 3.63) is 23.9 Å². The van der Waals surface area contributed by atoms with E-state index >= 15 is 0 Å². The molecule has 1 saturated heterocycles. The molecule has 4 nitrogen and oxygen atoms in total. The normalized spacial score (nSPS) is 21.1. The third-order valence-corrected chi connectivity index (χ3v) is 3.06. The highest BCUT2D eigenvalue weighted by Gasteiger charge is 2.23. The molecule has 4 heteroatoms. The second kappa shape index (κ2) is 5.27. The quantitative estimate of drug-likeness (QED) is 0.832. The Morgan fingerprint density at radius 3 is 3.25 bits per heavy atom. The Morgan fingerprint density at radius 1 is 1.62 bits per heavy atom. The maximum Gasteiger partial charge on any atom is 0.133 e. The number of aromatic nitrogens is 1. The number of pyridine rings is 1. The van der Waals surface area contributed by atoms with Crippen molar-refractivity contribution >= 4 is 5.82 Å². The third kappa shape index (κ3) is 2.18. The third-order valence-electron chi connectivity index (χ3n) is 3.06. The molecule has 1 aliphatic heterocycles. The van der Waals surface area contributed by atoms with E-state index in [-0.39, 0.29) is 0 Å². The maximum absolute atomic E-state index is 5.75. The van der Waals surface area contributed by atoms with Gasteiger partial charge in [-0.15, -0.1) is 0 Å². The van der Waals surface area contributed by atoms with Crippen molar-refractivity contribution < 1.29 is 4.74 Å². The number of anilines is 1. The van der Waals surface area contributed by atoms with E-state index in [1.807, 2.05) is 18.3 Å². The molecular formula is C12H19N3O. The highest BCUT2D eigenvalue weighted by Crippen LogP contribution is 2.22. The zero-order valence-electron chi connectivity index (χ0n) is 9.72. The Bertz CT molecular complexity index is 343. The molecule has 2 N–H and O–H groups in total. The number of rotatable bonds is 3. The predicted octanol–water partition coefficient (Wildman–Crippen LogP) is 1.16. The Balaban J connectivity index is 2.26. The summed E-state index contributed by atoms with van der Waals surface area (Å²) in [7, 11) is 0. The maximum atomic E-state index is 5.75. The first-order chi connectivity index (χ1) is 7.86. The van der Waals surface area contributed by atoms with E-state index in [9.17, 15) is 0 Å². The average Bonchev–Trinajstić information content (AvgIpc) is 2.38. The van der Waals surface area contributed by atoms with Crippen molar-refractivity contribution in [3.63, 3.8) is 0 Å². The van der Waals surface area contributed by atoms with Crippen LogP contribution in [0.3, 0.4) is 0 Å². The van der Waals surface area contributed by atoms with Gasteiger partial charge in [0.25, 0.3) is 0 Å². The van der Waals surface area contributed by atoms with Crippen LogP contribution in [0.5, 0.6) is 0 Å². The first-order valence-corrected chi connectivity index (χ1v) is 5.85. The van der Waals surface area contributed by atoms with Gasteiger partial charge < -0.3 is 15.4 Å². The van der Waals surface area contributed by atoms with Crippen LogP contribution in [0.2, 0.25) is 0 Å². The minimum atomic E-state index is 0.425. The second-order valence-electron chi connectivity index (χ2n) is 4.02. The smallest absolute Gasteiger partial charge is 0.133 e. The summed E-state index contributed by atoms with van der Waals surface area (Å²) < 4.78 is 5.50. The van der Waals surface area contributed by atoms with E-state index < -0.39 is 0 Å². The van der Waals surface area contributed by atoms with Crippen LogP contribution < -0.4 is 10.6 Å². The molecule has 1 aliphatic rings. The molecule has 88 valence electrons. The molecule has 1 aromatic heterocycles. The highest BCUT2D eigenvalue weighted by molar-refractivity contribution is 5.48.